The molecule has 4 rings (SSSR count). The van der Waals surface area contributed by atoms with E-state index in [-0.39, 0.29) is 24.1 Å². The summed E-state index contributed by atoms with van der Waals surface area (Å²) in [6.45, 7) is 2.58. The predicted molar refractivity (Wildman–Crippen MR) is 98.5 cm³/mol. The van der Waals surface area contributed by atoms with Gasteiger partial charge >= 0.3 is 0 Å². The number of aromatic nitrogens is 1. The van der Waals surface area contributed by atoms with Gasteiger partial charge in [-0.05, 0) is 50.1 Å². The van der Waals surface area contributed by atoms with Crippen molar-refractivity contribution < 1.29 is 14.3 Å². The summed E-state index contributed by atoms with van der Waals surface area (Å²) in [5, 5.41) is 0. The first-order valence-corrected chi connectivity index (χ1v) is 9.38. The molecule has 5 heteroatoms. The van der Waals surface area contributed by atoms with Crippen molar-refractivity contribution in [2.45, 2.75) is 50.8 Å². The van der Waals surface area contributed by atoms with Crippen LogP contribution in [0.25, 0.3) is 0 Å². The number of piperidine rings is 1. The van der Waals surface area contributed by atoms with E-state index < -0.39 is 0 Å². The van der Waals surface area contributed by atoms with Gasteiger partial charge in [-0.1, -0.05) is 6.07 Å². The number of nitrogens with zero attached hydrogens (tertiary/aromatic N) is 2. The third-order valence-corrected chi connectivity index (χ3v) is 5.26. The van der Waals surface area contributed by atoms with E-state index in [9.17, 15) is 4.79 Å². The quantitative estimate of drug-likeness (QED) is 0.823. The molecule has 136 valence electrons. The zero-order chi connectivity index (χ0) is 17.9. The number of hydrogen-bond donors (Lipinski definition) is 0. The minimum absolute atomic E-state index is 0.122. The molecule has 0 aliphatic carbocycles. The van der Waals surface area contributed by atoms with E-state index >= 15 is 0 Å². The second-order valence-corrected chi connectivity index (χ2v) is 6.93. The van der Waals surface area contributed by atoms with Crippen LogP contribution in [0.5, 0.6) is 11.6 Å². The number of rotatable bonds is 5. The fraction of sp³-hybridized carbons (Fsp3) is 0.429. The maximum absolute atomic E-state index is 13.0. The van der Waals surface area contributed by atoms with E-state index in [0.29, 0.717) is 12.5 Å². The highest BCUT2D eigenvalue weighted by molar-refractivity contribution is 5.95. The first-order chi connectivity index (χ1) is 12.7. The van der Waals surface area contributed by atoms with Gasteiger partial charge in [0.25, 0.3) is 5.91 Å². The summed E-state index contributed by atoms with van der Waals surface area (Å²) in [5.41, 5.74) is 0.731. The third-order valence-electron chi connectivity index (χ3n) is 5.26. The van der Waals surface area contributed by atoms with Gasteiger partial charge in [0, 0.05) is 42.8 Å². The van der Waals surface area contributed by atoms with E-state index in [1.807, 2.05) is 49.4 Å². The second-order valence-electron chi connectivity index (χ2n) is 6.93. The van der Waals surface area contributed by atoms with Crippen LogP contribution < -0.4 is 9.47 Å². The molecule has 26 heavy (non-hydrogen) atoms. The molecule has 2 aliphatic rings. The van der Waals surface area contributed by atoms with Crippen molar-refractivity contribution in [1.82, 2.24) is 9.88 Å². The van der Waals surface area contributed by atoms with Crippen LogP contribution in [0.1, 0.15) is 43.0 Å². The van der Waals surface area contributed by atoms with Crippen molar-refractivity contribution in [3.05, 3.63) is 54.2 Å². The maximum atomic E-state index is 13.0. The normalized spacial score (nSPS) is 24.3. The van der Waals surface area contributed by atoms with E-state index in [1.165, 1.54) is 0 Å². The van der Waals surface area contributed by atoms with E-state index in [0.717, 1.165) is 37.0 Å². The molecule has 3 heterocycles. The largest absolute Gasteiger partial charge is 0.494 e. The zero-order valence-corrected chi connectivity index (χ0v) is 15.0. The average Bonchev–Trinajstić information content (AvgIpc) is 2.93. The number of pyridine rings is 1. The Kier molecular flexibility index (Phi) is 4.78. The highest BCUT2D eigenvalue weighted by Gasteiger charge is 2.44. The average molecular weight is 352 g/mol. The summed E-state index contributed by atoms with van der Waals surface area (Å²) in [6.07, 6.45) is 5.72. The number of amides is 1. The fourth-order valence-electron chi connectivity index (χ4n) is 4.15. The number of ether oxygens (including phenoxy) is 2. The molecular formula is C21H24N2O3. The van der Waals surface area contributed by atoms with Crippen LogP contribution in [0.15, 0.2) is 48.7 Å². The minimum Gasteiger partial charge on any atom is -0.494 e. The highest BCUT2D eigenvalue weighted by atomic mass is 16.5. The van der Waals surface area contributed by atoms with E-state index in [4.69, 9.17) is 9.47 Å². The van der Waals surface area contributed by atoms with Gasteiger partial charge in [-0.2, -0.15) is 0 Å². The Balaban J connectivity index is 1.43. The molecule has 1 amide bonds. The number of hydrogen-bond acceptors (Lipinski definition) is 4. The van der Waals surface area contributed by atoms with Gasteiger partial charge in [0.15, 0.2) is 0 Å². The lowest BCUT2D eigenvalue weighted by Crippen LogP contribution is -2.49. The van der Waals surface area contributed by atoms with Gasteiger partial charge in [-0.25, -0.2) is 4.98 Å². The Morgan fingerprint density at radius 2 is 1.85 bits per heavy atom. The van der Waals surface area contributed by atoms with Crippen LogP contribution in [0.2, 0.25) is 0 Å². The van der Waals surface area contributed by atoms with Gasteiger partial charge in [0.1, 0.15) is 11.9 Å². The standard InChI is InChI=1S/C21H24N2O3/c1-2-25-18-10-6-15(7-11-18)21(24)23-16-8-9-17(23)14-19(13-16)26-20-5-3-4-12-22-20/h3-7,10-12,16-17,19H,2,8-9,13-14H2,1H3. The number of carbonyl (C=O) groups is 1. The lowest BCUT2D eigenvalue weighted by atomic mass is 9.98. The summed E-state index contributed by atoms with van der Waals surface area (Å²) in [4.78, 5) is 19.4. The smallest absolute Gasteiger partial charge is 0.254 e. The summed E-state index contributed by atoms with van der Waals surface area (Å²) in [7, 11) is 0. The van der Waals surface area contributed by atoms with Crippen molar-refractivity contribution in [3.8, 4) is 11.6 Å². The molecule has 0 N–H and O–H groups in total. The van der Waals surface area contributed by atoms with Crippen LogP contribution in [0.3, 0.4) is 0 Å². The molecule has 2 fully saturated rings. The molecule has 0 saturated carbocycles. The van der Waals surface area contributed by atoms with Gasteiger partial charge in [0.2, 0.25) is 5.88 Å². The lowest BCUT2D eigenvalue weighted by Gasteiger charge is -2.38. The van der Waals surface area contributed by atoms with Crippen molar-refractivity contribution in [2.24, 2.45) is 0 Å². The molecule has 2 aromatic rings. The molecule has 2 bridgehead atoms. The Morgan fingerprint density at radius 3 is 2.46 bits per heavy atom. The second kappa shape index (κ2) is 7.36. The summed E-state index contributed by atoms with van der Waals surface area (Å²) in [6, 6.07) is 13.7. The van der Waals surface area contributed by atoms with Crippen LogP contribution >= 0.6 is 0 Å². The van der Waals surface area contributed by atoms with Crippen molar-refractivity contribution in [1.29, 1.82) is 0 Å². The Morgan fingerprint density at radius 1 is 1.12 bits per heavy atom. The number of benzene rings is 1. The molecule has 1 aromatic carbocycles. The monoisotopic (exact) mass is 352 g/mol. The molecule has 2 atom stereocenters. The summed E-state index contributed by atoms with van der Waals surface area (Å²) >= 11 is 0. The number of carbonyl (C=O) groups excluding carboxylic acids is 1. The van der Waals surface area contributed by atoms with Crippen molar-refractivity contribution >= 4 is 5.91 Å². The highest BCUT2D eigenvalue weighted by Crippen LogP contribution is 2.38. The van der Waals surface area contributed by atoms with Crippen LogP contribution in [-0.4, -0.2) is 40.6 Å². The maximum Gasteiger partial charge on any atom is 0.254 e. The molecule has 2 unspecified atom stereocenters. The van der Waals surface area contributed by atoms with E-state index in [1.54, 1.807) is 6.20 Å². The fourth-order valence-corrected chi connectivity index (χ4v) is 4.15. The molecule has 2 aliphatic heterocycles. The summed E-state index contributed by atoms with van der Waals surface area (Å²) < 4.78 is 11.5. The van der Waals surface area contributed by atoms with Crippen LogP contribution in [-0.2, 0) is 0 Å². The van der Waals surface area contributed by atoms with Gasteiger partial charge in [-0.15, -0.1) is 0 Å². The van der Waals surface area contributed by atoms with Crippen molar-refractivity contribution in [2.75, 3.05) is 6.61 Å². The van der Waals surface area contributed by atoms with Gasteiger partial charge in [-0.3, -0.25) is 4.79 Å². The third kappa shape index (κ3) is 3.39. The first-order valence-electron chi connectivity index (χ1n) is 9.38. The van der Waals surface area contributed by atoms with Gasteiger partial charge < -0.3 is 14.4 Å². The molecule has 2 saturated heterocycles. The molecule has 0 spiro atoms. The molecule has 1 aromatic heterocycles. The predicted octanol–water partition coefficient (Wildman–Crippen LogP) is 3.69. The molecular weight excluding hydrogens is 328 g/mol. The lowest BCUT2D eigenvalue weighted by molar-refractivity contribution is 0.0348. The SMILES string of the molecule is CCOc1ccc(C(=O)N2C3CCC2CC(Oc2ccccn2)C3)cc1. The van der Waals surface area contributed by atoms with Crippen LogP contribution in [0.4, 0.5) is 0 Å². The summed E-state index contributed by atoms with van der Waals surface area (Å²) in [5.74, 6) is 1.59. The first kappa shape index (κ1) is 16.9. The van der Waals surface area contributed by atoms with E-state index in [2.05, 4.69) is 9.88 Å². The molecule has 0 radical (unpaired) electrons. The van der Waals surface area contributed by atoms with Gasteiger partial charge in [0.05, 0.1) is 6.61 Å². The Bertz CT molecular complexity index is 734. The molecule has 5 nitrogen and oxygen atoms in total. The minimum atomic E-state index is 0.122. The number of fused-ring (bicyclic) bond motifs is 2. The Labute approximate surface area is 153 Å². The van der Waals surface area contributed by atoms with Crippen molar-refractivity contribution in [3.63, 3.8) is 0 Å². The van der Waals surface area contributed by atoms with Crippen LogP contribution in [0, 0.1) is 0 Å². The topological polar surface area (TPSA) is 51.7 Å². The zero-order valence-electron chi connectivity index (χ0n) is 15.0. The Hall–Kier alpha value is -2.56.